The van der Waals surface area contributed by atoms with Crippen molar-refractivity contribution in [3.05, 3.63) is 35.9 Å². The van der Waals surface area contributed by atoms with Crippen LogP contribution < -0.4 is 47.8 Å². The normalized spacial score (nSPS) is 11.2. The van der Waals surface area contributed by atoms with Gasteiger partial charge in [0, 0.05) is 12.1 Å². The maximum absolute atomic E-state index is 13.7. The molecule has 208 valence electrons. The van der Waals surface area contributed by atoms with Crippen LogP contribution >= 0.6 is 8.58 Å². The predicted octanol–water partition coefficient (Wildman–Crippen LogP) is 4.24. The molecule has 0 aliphatic carbocycles. The second-order valence-electron chi connectivity index (χ2n) is 10.4. The van der Waals surface area contributed by atoms with Gasteiger partial charge in [0.2, 0.25) is 0 Å². The van der Waals surface area contributed by atoms with E-state index in [1.807, 2.05) is 18.2 Å². The van der Waals surface area contributed by atoms with Gasteiger partial charge in [-0.15, -0.1) is 0 Å². The molecule has 0 saturated carbocycles. The maximum atomic E-state index is 13.7. The largest absolute Gasteiger partial charge is 1.00 e. The second kappa shape index (κ2) is 17.7. The Hall–Kier alpha value is -1.86. The molecule has 2 aromatic rings. The Kier molecular flexibility index (Phi) is 15.9. The number of benzene rings is 2. The molecule has 8 heteroatoms. The van der Waals surface area contributed by atoms with Gasteiger partial charge < -0.3 is 25.1 Å². The first kappa shape index (κ1) is 34.2. The zero-order valence-corrected chi connectivity index (χ0v) is 25.8. The average Bonchev–Trinajstić information content (AvgIpc) is 2.84. The zero-order chi connectivity index (χ0) is 27.4. The minimum absolute atomic E-state index is 0. The first-order chi connectivity index (χ1) is 17.7. The quantitative estimate of drug-likeness (QED) is 0.221. The predicted molar refractivity (Wildman–Crippen MR) is 154 cm³/mol. The van der Waals surface area contributed by atoms with Gasteiger partial charge in [-0.1, -0.05) is 47.6 Å². The van der Waals surface area contributed by atoms with E-state index in [-0.39, 0.29) is 34.4 Å². The molecule has 0 aromatic heterocycles. The molecule has 0 aliphatic heterocycles. The van der Waals surface area contributed by atoms with E-state index in [1.165, 1.54) is 0 Å². The van der Waals surface area contributed by atoms with Crippen LogP contribution in [0.15, 0.2) is 30.3 Å². The minimum Gasteiger partial charge on any atom is -1.00 e. The van der Waals surface area contributed by atoms with Gasteiger partial charge in [-0.25, -0.2) is 0 Å². The smallest absolute Gasteiger partial charge is 1.00 e. The van der Waals surface area contributed by atoms with Crippen LogP contribution in [0.1, 0.15) is 72.6 Å². The zero-order valence-electron chi connectivity index (χ0n) is 25.8. The molecule has 0 N–H and O–H groups in total. The summed E-state index contributed by atoms with van der Waals surface area (Å²) < 4.78 is 29.6. The number of rotatable bonds is 17. The number of hydrogen-bond acceptors (Lipinski definition) is 6. The van der Waals surface area contributed by atoms with Crippen LogP contribution in [-0.4, -0.2) is 39.6 Å². The molecule has 0 saturated heterocycles. The van der Waals surface area contributed by atoms with E-state index in [0.29, 0.717) is 71.9 Å². The van der Waals surface area contributed by atoms with Crippen LogP contribution in [-0.2, 0) is 0 Å². The van der Waals surface area contributed by atoms with Crippen molar-refractivity contribution in [2.45, 2.75) is 60.8 Å². The van der Waals surface area contributed by atoms with Crippen LogP contribution in [0.5, 0.6) is 28.7 Å². The van der Waals surface area contributed by atoms with Gasteiger partial charge in [0.15, 0.2) is 5.52 Å². The Morgan fingerprint density at radius 3 is 1.55 bits per heavy atom. The number of ether oxygens (including phenoxy) is 5. The molecule has 38 heavy (non-hydrogen) atoms. The molecule has 0 spiro atoms. The molecular weight excluding hydrogens is 494 g/mol. The topological polar surface area (TPSA) is 63.2 Å². The summed E-state index contributed by atoms with van der Waals surface area (Å²) in [4.78, 5) is 13.7. The van der Waals surface area contributed by atoms with E-state index in [4.69, 9.17) is 23.7 Å². The van der Waals surface area contributed by atoms with Crippen molar-refractivity contribution in [2.24, 2.45) is 17.8 Å². The van der Waals surface area contributed by atoms with Crippen LogP contribution in [0.25, 0.3) is 0 Å². The van der Waals surface area contributed by atoms with Crippen LogP contribution in [0.2, 0.25) is 0 Å². The molecule has 0 heterocycles. The van der Waals surface area contributed by atoms with Crippen LogP contribution in [0, 0.1) is 17.8 Å². The maximum Gasteiger partial charge on any atom is 1.00 e. The Bertz CT molecular complexity index is 942. The van der Waals surface area contributed by atoms with Crippen molar-refractivity contribution in [2.75, 3.05) is 34.0 Å². The van der Waals surface area contributed by atoms with Crippen molar-refractivity contribution in [3.63, 3.8) is 0 Å². The molecule has 0 aliphatic rings. The molecule has 2 rings (SSSR count). The third kappa shape index (κ3) is 11.1. The molecule has 2 aromatic carbocycles. The van der Waals surface area contributed by atoms with E-state index < -0.39 is 0 Å². The standard InChI is InChI=1S/C30H45O6P.Li.H/c1-20(2)12-15-34-23-18-26(35-16-13-21(3)4)29(27(19-23)36-17-14-22(5)6)37-30(31)28-24(32-7)10-9-11-25(28)33-8;;/h9-11,18-22,37H,12-17H2,1-8H3;;/q;+1;-1. The van der Waals surface area contributed by atoms with Crippen molar-refractivity contribution >= 4 is 19.4 Å². The van der Waals surface area contributed by atoms with Gasteiger partial charge in [0.1, 0.15) is 34.3 Å². The summed E-state index contributed by atoms with van der Waals surface area (Å²) in [6.45, 7) is 14.7. The van der Waals surface area contributed by atoms with Crippen molar-refractivity contribution in [3.8, 4) is 28.7 Å². The van der Waals surface area contributed by atoms with Crippen LogP contribution in [0.3, 0.4) is 0 Å². The Morgan fingerprint density at radius 2 is 1.16 bits per heavy atom. The van der Waals surface area contributed by atoms with E-state index >= 15 is 0 Å². The SMILES string of the molecule is COc1cccc(OC)c1C(=O)Pc1c(OCCC(C)C)cc(OCCC(C)C)cc1OCCC(C)C.[H-].[Li+]. The summed E-state index contributed by atoms with van der Waals surface area (Å²) in [5.41, 5.74) is 0.314. The summed E-state index contributed by atoms with van der Waals surface area (Å²) in [5, 5.41) is 0.738. The fourth-order valence-corrected chi connectivity index (χ4v) is 4.61. The van der Waals surface area contributed by atoms with E-state index in [9.17, 15) is 4.79 Å². The van der Waals surface area contributed by atoms with E-state index in [1.54, 1.807) is 26.4 Å². The summed E-state index contributed by atoms with van der Waals surface area (Å²) in [6, 6.07) is 9.13. The van der Waals surface area contributed by atoms with Crippen molar-refractivity contribution in [1.82, 2.24) is 0 Å². The van der Waals surface area contributed by atoms with Crippen molar-refractivity contribution < 1.29 is 48.8 Å². The Balaban J connectivity index is 0.00000722. The van der Waals surface area contributed by atoms with Crippen LogP contribution in [0.4, 0.5) is 0 Å². The molecule has 1 atom stereocenters. The van der Waals surface area contributed by atoms with Crippen molar-refractivity contribution in [1.29, 1.82) is 0 Å². The summed E-state index contributed by atoms with van der Waals surface area (Å²) in [7, 11) is 2.86. The molecule has 0 amide bonds. The van der Waals surface area contributed by atoms with Gasteiger partial charge >= 0.3 is 18.9 Å². The molecule has 0 bridgehead atoms. The first-order valence-corrected chi connectivity index (χ1v) is 14.2. The molecule has 6 nitrogen and oxygen atoms in total. The van der Waals surface area contributed by atoms with Gasteiger partial charge in [0.25, 0.3) is 0 Å². The number of carbonyl (C=O) groups excluding carboxylic acids is 1. The minimum atomic E-state index is -0.246. The third-order valence-electron chi connectivity index (χ3n) is 5.80. The van der Waals surface area contributed by atoms with E-state index in [0.717, 1.165) is 24.6 Å². The summed E-state index contributed by atoms with van der Waals surface area (Å²) in [5.74, 6) is 4.44. The van der Waals surface area contributed by atoms with Gasteiger partial charge in [0.05, 0.1) is 39.3 Å². The summed E-state index contributed by atoms with van der Waals surface area (Å²) >= 11 is 0. The van der Waals surface area contributed by atoms with E-state index in [2.05, 4.69) is 41.5 Å². The van der Waals surface area contributed by atoms with Gasteiger partial charge in [-0.05, 0) is 57.7 Å². The number of methoxy groups -OCH3 is 2. The fraction of sp³-hybridized carbons (Fsp3) is 0.567. The third-order valence-corrected chi connectivity index (χ3v) is 7.02. The average molecular weight is 541 g/mol. The summed E-state index contributed by atoms with van der Waals surface area (Å²) in [6.07, 6.45) is 2.75. The monoisotopic (exact) mass is 540 g/mol. The Labute approximate surface area is 244 Å². The number of hydrogen-bond donors (Lipinski definition) is 0. The molecular formula is C30H46LiO6P. The van der Waals surface area contributed by atoms with Gasteiger partial charge in [-0.3, -0.25) is 4.79 Å². The van der Waals surface area contributed by atoms with Gasteiger partial charge in [-0.2, -0.15) is 0 Å². The fourth-order valence-electron chi connectivity index (χ4n) is 3.47. The second-order valence-corrected chi connectivity index (χ2v) is 11.6. The number of carbonyl (C=O) groups is 1. The first-order valence-electron chi connectivity index (χ1n) is 13.2. The Morgan fingerprint density at radius 1 is 0.737 bits per heavy atom. The molecule has 0 radical (unpaired) electrons. The molecule has 0 fully saturated rings. The molecule has 1 unspecified atom stereocenters.